The van der Waals surface area contributed by atoms with Crippen molar-refractivity contribution in [1.82, 2.24) is 5.43 Å². The van der Waals surface area contributed by atoms with Crippen LogP contribution in [0, 0.1) is 0 Å². The molecule has 6 nitrogen and oxygen atoms in total. The normalized spacial score (nSPS) is 11.7. The minimum Gasteiger partial charge on any atom is -0.482 e. The molecule has 0 aromatic heterocycles. The number of hydrogen-bond donors (Lipinski definition) is 2. The number of nitrogens with zero attached hydrogens (tertiary/aromatic N) is 1. The molecule has 10 heteroatoms. The van der Waals surface area contributed by atoms with Crippen LogP contribution >= 0.6 is 11.6 Å². The number of ether oxygens (including phenoxy) is 1. The van der Waals surface area contributed by atoms with Crippen molar-refractivity contribution in [3.63, 3.8) is 0 Å². The van der Waals surface area contributed by atoms with E-state index in [4.69, 9.17) is 16.3 Å². The standard InChI is InChI=1S/C19H17ClF3N3O3/c1-12(25-26-18(28)11-29-16-8-3-2-7-15(16)20)9-17(27)24-14-6-4-5-13(10-14)19(21,22)23/h2-8,10H,9,11H2,1H3,(H,24,27)(H,26,28)/b25-12-. The van der Waals surface area contributed by atoms with Crippen molar-refractivity contribution in [2.75, 3.05) is 11.9 Å². The summed E-state index contributed by atoms with van der Waals surface area (Å²) in [7, 11) is 0. The fraction of sp³-hybridized carbons (Fsp3) is 0.211. The van der Waals surface area contributed by atoms with Gasteiger partial charge in [0.2, 0.25) is 5.91 Å². The highest BCUT2D eigenvalue weighted by Crippen LogP contribution is 2.30. The summed E-state index contributed by atoms with van der Waals surface area (Å²) in [5.41, 5.74) is 1.61. The highest BCUT2D eigenvalue weighted by atomic mass is 35.5. The van der Waals surface area contributed by atoms with E-state index in [1.165, 1.54) is 19.1 Å². The van der Waals surface area contributed by atoms with Crippen molar-refractivity contribution in [3.05, 3.63) is 59.1 Å². The summed E-state index contributed by atoms with van der Waals surface area (Å²) in [6.07, 6.45) is -4.73. The van der Waals surface area contributed by atoms with Crippen molar-refractivity contribution >= 4 is 34.8 Å². The minimum atomic E-state index is -4.51. The summed E-state index contributed by atoms with van der Waals surface area (Å²) in [4.78, 5) is 23.7. The van der Waals surface area contributed by atoms with E-state index >= 15 is 0 Å². The largest absolute Gasteiger partial charge is 0.482 e. The van der Waals surface area contributed by atoms with E-state index < -0.39 is 23.6 Å². The Morgan fingerprint density at radius 3 is 2.52 bits per heavy atom. The Labute approximate surface area is 169 Å². The number of halogens is 4. The Morgan fingerprint density at radius 1 is 1.10 bits per heavy atom. The number of benzene rings is 2. The Kier molecular flexibility index (Phi) is 7.60. The number of amides is 2. The smallest absolute Gasteiger partial charge is 0.416 e. The van der Waals surface area contributed by atoms with Gasteiger partial charge in [-0.3, -0.25) is 9.59 Å². The molecule has 0 saturated heterocycles. The first-order chi connectivity index (χ1) is 13.6. The van der Waals surface area contributed by atoms with E-state index in [1.54, 1.807) is 24.3 Å². The number of carbonyl (C=O) groups excluding carboxylic acids is 2. The van der Waals surface area contributed by atoms with Crippen LogP contribution in [-0.4, -0.2) is 24.1 Å². The number of carbonyl (C=O) groups is 2. The van der Waals surface area contributed by atoms with Crippen LogP contribution in [0.1, 0.15) is 18.9 Å². The van der Waals surface area contributed by atoms with Crippen molar-refractivity contribution in [1.29, 1.82) is 0 Å². The number of para-hydroxylation sites is 1. The maximum absolute atomic E-state index is 12.7. The summed E-state index contributed by atoms with van der Waals surface area (Å²) >= 11 is 5.90. The molecule has 2 aromatic rings. The van der Waals surface area contributed by atoms with Gasteiger partial charge in [-0.15, -0.1) is 0 Å². The van der Waals surface area contributed by atoms with Gasteiger partial charge in [0.1, 0.15) is 5.75 Å². The van der Waals surface area contributed by atoms with E-state index in [9.17, 15) is 22.8 Å². The van der Waals surface area contributed by atoms with Crippen molar-refractivity contribution < 1.29 is 27.5 Å². The molecule has 0 unspecified atom stereocenters. The van der Waals surface area contributed by atoms with E-state index in [0.717, 1.165) is 12.1 Å². The van der Waals surface area contributed by atoms with E-state index in [-0.39, 0.29) is 24.4 Å². The predicted octanol–water partition coefficient (Wildman–Crippen LogP) is 4.26. The first-order valence-corrected chi connectivity index (χ1v) is 8.69. The van der Waals surface area contributed by atoms with Gasteiger partial charge in [0.25, 0.3) is 5.91 Å². The lowest BCUT2D eigenvalue weighted by atomic mass is 10.2. The summed E-state index contributed by atoms with van der Waals surface area (Å²) in [6.45, 7) is 1.15. The van der Waals surface area contributed by atoms with Gasteiger partial charge < -0.3 is 10.1 Å². The molecule has 2 amide bonds. The van der Waals surface area contributed by atoms with Crippen molar-refractivity contribution in [2.45, 2.75) is 19.5 Å². The lowest BCUT2D eigenvalue weighted by Crippen LogP contribution is -2.26. The van der Waals surface area contributed by atoms with Crippen LogP contribution in [0.25, 0.3) is 0 Å². The van der Waals surface area contributed by atoms with Crippen LogP contribution in [0.15, 0.2) is 53.6 Å². The topological polar surface area (TPSA) is 79.8 Å². The summed E-state index contributed by atoms with van der Waals surface area (Å²) in [5.74, 6) is -0.805. The predicted molar refractivity (Wildman–Crippen MR) is 103 cm³/mol. The lowest BCUT2D eigenvalue weighted by molar-refractivity contribution is -0.137. The second kappa shape index (κ2) is 9.92. The Bertz CT molecular complexity index is 917. The molecule has 2 rings (SSSR count). The Hall–Kier alpha value is -3.07. The average Bonchev–Trinajstić information content (AvgIpc) is 2.65. The monoisotopic (exact) mass is 427 g/mol. The van der Waals surface area contributed by atoms with Gasteiger partial charge in [0.15, 0.2) is 6.61 Å². The van der Waals surface area contributed by atoms with Gasteiger partial charge in [-0.25, -0.2) is 5.43 Å². The third kappa shape index (κ3) is 7.46. The second-order valence-electron chi connectivity index (χ2n) is 5.90. The number of nitrogens with one attached hydrogen (secondary N) is 2. The molecule has 0 aliphatic heterocycles. The fourth-order valence-corrected chi connectivity index (χ4v) is 2.34. The Morgan fingerprint density at radius 2 is 1.83 bits per heavy atom. The third-order valence-corrected chi connectivity index (χ3v) is 3.77. The van der Waals surface area contributed by atoms with Crippen molar-refractivity contribution in [3.8, 4) is 5.75 Å². The van der Waals surface area contributed by atoms with Crippen LogP contribution < -0.4 is 15.5 Å². The van der Waals surface area contributed by atoms with E-state index in [2.05, 4.69) is 15.8 Å². The molecular formula is C19H17ClF3N3O3. The molecule has 2 N–H and O–H groups in total. The van der Waals surface area contributed by atoms with Gasteiger partial charge in [-0.05, 0) is 37.3 Å². The first-order valence-electron chi connectivity index (χ1n) is 8.31. The molecule has 0 spiro atoms. The molecule has 0 bridgehead atoms. The van der Waals surface area contributed by atoms with Crippen LogP contribution in [0.4, 0.5) is 18.9 Å². The molecule has 0 heterocycles. The molecule has 0 fully saturated rings. The van der Waals surface area contributed by atoms with Crippen LogP contribution in [0.5, 0.6) is 5.75 Å². The zero-order chi connectivity index (χ0) is 21.4. The van der Waals surface area contributed by atoms with Crippen LogP contribution in [0.3, 0.4) is 0 Å². The number of rotatable bonds is 7. The molecule has 0 saturated carbocycles. The van der Waals surface area contributed by atoms with Gasteiger partial charge in [0, 0.05) is 11.4 Å². The van der Waals surface area contributed by atoms with E-state index in [0.29, 0.717) is 10.8 Å². The van der Waals surface area contributed by atoms with Gasteiger partial charge in [0.05, 0.1) is 17.0 Å². The lowest BCUT2D eigenvalue weighted by Gasteiger charge is -2.10. The fourth-order valence-electron chi connectivity index (χ4n) is 2.15. The zero-order valence-corrected chi connectivity index (χ0v) is 16.0. The molecule has 0 radical (unpaired) electrons. The molecule has 154 valence electrons. The molecule has 0 aliphatic rings. The third-order valence-electron chi connectivity index (χ3n) is 3.46. The zero-order valence-electron chi connectivity index (χ0n) is 15.2. The highest BCUT2D eigenvalue weighted by molar-refractivity contribution is 6.32. The van der Waals surface area contributed by atoms with E-state index in [1.807, 2.05) is 0 Å². The van der Waals surface area contributed by atoms with Crippen LogP contribution in [-0.2, 0) is 15.8 Å². The van der Waals surface area contributed by atoms with Crippen molar-refractivity contribution in [2.24, 2.45) is 5.10 Å². The number of hydrogen-bond acceptors (Lipinski definition) is 4. The molecule has 0 aliphatic carbocycles. The maximum Gasteiger partial charge on any atom is 0.416 e. The van der Waals surface area contributed by atoms with Crippen LogP contribution in [0.2, 0.25) is 5.02 Å². The van der Waals surface area contributed by atoms with Gasteiger partial charge in [-0.1, -0.05) is 29.8 Å². The summed E-state index contributed by atoms with van der Waals surface area (Å²) < 4.78 is 43.3. The minimum absolute atomic E-state index is 0.00907. The molecule has 0 atom stereocenters. The molecule has 29 heavy (non-hydrogen) atoms. The maximum atomic E-state index is 12.7. The average molecular weight is 428 g/mol. The quantitative estimate of drug-likeness (QED) is 0.512. The summed E-state index contributed by atoms with van der Waals surface area (Å²) in [6, 6.07) is 10.9. The molecule has 2 aromatic carbocycles. The summed E-state index contributed by atoms with van der Waals surface area (Å²) in [5, 5.41) is 6.47. The highest BCUT2D eigenvalue weighted by Gasteiger charge is 2.30. The number of anilines is 1. The first kappa shape index (κ1) is 22.2. The number of hydrazone groups is 1. The van der Waals surface area contributed by atoms with Gasteiger partial charge >= 0.3 is 6.18 Å². The van der Waals surface area contributed by atoms with Gasteiger partial charge in [-0.2, -0.15) is 18.3 Å². The SMILES string of the molecule is C/C(CC(=O)Nc1cccc(C(F)(F)F)c1)=N/NC(=O)COc1ccccc1Cl. The number of alkyl halides is 3. The second-order valence-corrected chi connectivity index (χ2v) is 6.31. The molecular weight excluding hydrogens is 411 g/mol. The Balaban J connectivity index is 1.82.